The highest BCUT2D eigenvalue weighted by molar-refractivity contribution is 5.94. The van der Waals surface area contributed by atoms with Crippen molar-refractivity contribution >= 4 is 24.2 Å². The maximum atomic E-state index is 12.1. The molecule has 1 aromatic rings. The predicted octanol–water partition coefficient (Wildman–Crippen LogP) is 1.39. The van der Waals surface area contributed by atoms with E-state index in [2.05, 4.69) is 10.6 Å². The van der Waals surface area contributed by atoms with Crippen LogP contribution in [0.4, 0.5) is 0 Å². The molecular formula is C18H31ClN4O2. The molecule has 1 rings (SSSR count). The topological polar surface area (TPSA) is 87.5 Å². The fraction of sp³-hybridized carbons (Fsp3) is 0.556. The Bertz CT molecular complexity index is 552. The molecule has 0 aliphatic heterocycles. The lowest BCUT2D eigenvalue weighted by atomic mass is 9.99. The van der Waals surface area contributed by atoms with Crippen molar-refractivity contribution in [1.29, 1.82) is 0 Å². The number of nitrogens with one attached hydrogen (secondary N) is 2. The number of hydrogen-bond donors (Lipinski definition) is 3. The molecule has 6 nitrogen and oxygen atoms in total. The molecule has 0 aliphatic carbocycles. The van der Waals surface area contributed by atoms with Crippen molar-refractivity contribution < 1.29 is 9.59 Å². The number of carbonyl (C=O) groups excluding carboxylic acids is 2. The average Bonchev–Trinajstić information content (AvgIpc) is 2.58. The smallest absolute Gasteiger partial charge is 0.251 e. The zero-order valence-corrected chi connectivity index (χ0v) is 16.4. The van der Waals surface area contributed by atoms with Crippen LogP contribution < -0.4 is 16.4 Å². The van der Waals surface area contributed by atoms with Crippen LogP contribution in [0.15, 0.2) is 24.3 Å². The van der Waals surface area contributed by atoms with Gasteiger partial charge in [-0.3, -0.25) is 9.59 Å². The predicted molar refractivity (Wildman–Crippen MR) is 104 cm³/mol. The van der Waals surface area contributed by atoms with Crippen molar-refractivity contribution in [2.45, 2.75) is 32.9 Å². The van der Waals surface area contributed by atoms with Crippen LogP contribution in [0.3, 0.4) is 0 Å². The molecule has 0 bridgehead atoms. The van der Waals surface area contributed by atoms with Gasteiger partial charge in [0.15, 0.2) is 0 Å². The number of hydrogen-bond acceptors (Lipinski definition) is 4. The Hall–Kier alpha value is -1.63. The number of nitrogens with two attached hydrogens (primary N) is 1. The summed E-state index contributed by atoms with van der Waals surface area (Å²) >= 11 is 0. The van der Waals surface area contributed by atoms with Crippen molar-refractivity contribution in [2.75, 3.05) is 27.2 Å². The molecule has 0 radical (unpaired) electrons. The van der Waals surface area contributed by atoms with Gasteiger partial charge in [0.1, 0.15) is 0 Å². The Morgan fingerprint density at radius 3 is 2.52 bits per heavy atom. The summed E-state index contributed by atoms with van der Waals surface area (Å²) in [5.41, 5.74) is 7.38. The molecule has 0 heterocycles. The third kappa shape index (κ3) is 8.34. The molecule has 0 aliphatic rings. The van der Waals surface area contributed by atoms with Gasteiger partial charge in [0.25, 0.3) is 5.91 Å². The number of benzene rings is 1. The molecular weight excluding hydrogens is 340 g/mol. The standard InChI is InChI=1S/C18H30N4O2.ClH/c1-5-13(2)16(19)18(24)21-12-14-7-6-8-15(11-14)17(23)20-9-10-22(3)4;/h6-8,11,13,16H,5,9-10,12,19H2,1-4H3,(H,20,23)(H,21,24);1H. The first-order chi connectivity index (χ1) is 11.3. The number of halogens is 1. The summed E-state index contributed by atoms with van der Waals surface area (Å²) in [7, 11) is 3.92. The summed E-state index contributed by atoms with van der Waals surface area (Å²) in [4.78, 5) is 26.1. The molecule has 7 heteroatoms. The molecule has 0 saturated heterocycles. The quantitative estimate of drug-likeness (QED) is 0.613. The molecule has 2 amide bonds. The van der Waals surface area contributed by atoms with Crippen LogP contribution in [0.5, 0.6) is 0 Å². The van der Waals surface area contributed by atoms with Gasteiger partial charge in [-0.15, -0.1) is 12.4 Å². The fourth-order valence-corrected chi connectivity index (χ4v) is 2.14. The normalized spacial score (nSPS) is 12.9. The first-order valence-corrected chi connectivity index (χ1v) is 8.40. The fourth-order valence-electron chi connectivity index (χ4n) is 2.14. The molecule has 2 unspecified atom stereocenters. The van der Waals surface area contributed by atoms with Crippen molar-refractivity contribution in [3.8, 4) is 0 Å². The molecule has 1 aromatic carbocycles. The van der Waals surface area contributed by atoms with Crippen molar-refractivity contribution in [3.63, 3.8) is 0 Å². The second-order valence-electron chi connectivity index (χ2n) is 6.39. The molecule has 0 fully saturated rings. The molecule has 2 atom stereocenters. The number of nitrogens with zero attached hydrogens (tertiary/aromatic N) is 1. The molecule has 0 spiro atoms. The van der Waals surface area contributed by atoms with Crippen molar-refractivity contribution in [1.82, 2.24) is 15.5 Å². The van der Waals surface area contributed by atoms with E-state index >= 15 is 0 Å². The van der Waals surface area contributed by atoms with E-state index in [1.807, 2.05) is 45.0 Å². The monoisotopic (exact) mass is 370 g/mol. The van der Waals surface area contributed by atoms with E-state index in [1.165, 1.54) is 0 Å². The summed E-state index contributed by atoms with van der Waals surface area (Å²) < 4.78 is 0. The summed E-state index contributed by atoms with van der Waals surface area (Å²) in [6.07, 6.45) is 0.858. The van der Waals surface area contributed by atoms with Gasteiger partial charge >= 0.3 is 0 Å². The highest BCUT2D eigenvalue weighted by atomic mass is 35.5. The molecule has 0 aromatic heterocycles. The van der Waals surface area contributed by atoms with Crippen LogP contribution in [0.1, 0.15) is 36.2 Å². The van der Waals surface area contributed by atoms with Crippen LogP contribution in [-0.2, 0) is 11.3 Å². The Morgan fingerprint density at radius 2 is 1.92 bits per heavy atom. The second-order valence-corrected chi connectivity index (χ2v) is 6.39. The molecule has 25 heavy (non-hydrogen) atoms. The van der Waals surface area contributed by atoms with Gasteiger partial charge in [0.05, 0.1) is 6.04 Å². The van der Waals surface area contributed by atoms with Gasteiger partial charge in [-0.1, -0.05) is 32.4 Å². The third-order valence-electron chi connectivity index (χ3n) is 4.06. The molecule has 4 N–H and O–H groups in total. The zero-order valence-electron chi connectivity index (χ0n) is 15.5. The number of amides is 2. The third-order valence-corrected chi connectivity index (χ3v) is 4.06. The Morgan fingerprint density at radius 1 is 1.24 bits per heavy atom. The van der Waals surface area contributed by atoms with Gasteiger partial charge in [-0.05, 0) is 37.7 Å². The van der Waals surface area contributed by atoms with E-state index in [9.17, 15) is 9.59 Å². The summed E-state index contributed by atoms with van der Waals surface area (Å²) in [6.45, 7) is 5.71. The maximum Gasteiger partial charge on any atom is 0.251 e. The van der Waals surface area contributed by atoms with Gasteiger partial charge in [0.2, 0.25) is 5.91 Å². The van der Waals surface area contributed by atoms with E-state index in [0.29, 0.717) is 18.7 Å². The van der Waals surface area contributed by atoms with E-state index < -0.39 is 6.04 Å². The van der Waals surface area contributed by atoms with Gasteiger partial charge < -0.3 is 21.3 Å². The Balaban J connectivity index is 0.00000576. The molecule has 142 valence electrons. The van der Waals surface area contributed by atoms with E-state index in [-0.39, 0.29) is 30.1 Å². The number of carbonyl (C=O) groups is 2. The minimum atomic E-state index is -0.507. The van der Waals surface area contributed by atoms with Crippen LogP contribution in [0.25, 0.3) is 0 Å². The summed E-state index contributed by atoms with van der Waals surface area (Å²) in [5.74, 6) is -0.134. The minimum absolute atomic E-state index is 0. The largest absolute Gasteiger partial charge is 0.351 e. The summed E-state index contributed by atoms with van der Waals surface area (Å²) in [6, 6.07) is 6.75. The van der Waals surface area contributed by atoms with Gasteiger partial charge in [-0.25, -0.2) is 0 Å². The van der Waals surface area contributed by atoms with Crippen LogP contribution in [0, 0.1) is 5.92 Å². The van der Waals surface area contributed by atoms with E-state index in [0.717, 1.165) is 18.5 Å². The number of likely N-dealkylation sites (N-methyl/N-ethyl adjacent to an activating group) is 1. The minimum Gasteiger partial charge on any atom is -0.351 e. The van der Waals surface area contributed by atoms with E-state index in [1.54, 1.807) is 12.1 Å². The van der Waals surface area contributed by atoms with E-state index in [4.69, 9.17) is 5.73 Å². The molecule has 0 saturated carbocycles. The van der Waals surface area contributed by atoms with Crippen LogP contribution in [0.2, 0.25) is 0 Å². The van der Waals surface area contributed by atoms with Crippen molar-refractivity contribution in [2.24, 2.45) is 11.7 Å². The highest BCUT2D eigenvalue weighted by Gasteiger charge is 2.18. The lowest BCUT2D eigenvalue weighted by molar-refractivity contribution is -0.123. The van der Waals surface area contributed by atoms with Gasteiger partial charge in [-0.2, -0.15) is 0 Å². The first-order valence-electron chi connectivity index (χ1n) is 8.40. The highest BCUT2D eigenvalue weighted by Crippen LogP contribution is 2.07. The van der Waals surface area contributed by atoms with Crippen LogP contribution in [-0.4, -0.2) is 49.9 Å². The number of rotatable bonds is 9. The maximum absolute atomic E-state index is 12.1. The van der Waals surface area contributed by atoms with Crippen molar-refractivity contribution in [3.05, 3.63) is 35.4 Å². The first kappa shape index (κ1) is 23.4. The second kappa shape index (κ2) is 11.8. The van der Waals surface area contributed by atoms with Gasteiger partial charge in [0, 0.05) is 25.2 Å². The zero-order chi connectivity index (χ0) is 18.1. The lowest BCUT2D eigenvalue weighted by Gasteiger charge is -2.17. The average molecular weight is 371 g/mol. The summed E-state index contributed by atoms with van der Waals surface area (Å²) in [5, 5.41) is 5.71. The van der Waals surface area contributed by atoms with Crippen LogP contribution >= 0.6 is 12.4 Å². The lowest BCUT2D eigenvalue weighted by Crippen LogP contribution is -2.44. The Labute approximate surface area is 156 Å². The Kier molecular flexibility index (Phi) is 11.1. The SMILES string of the molecule is CCC(C)C(N)C(=O)NCc1cccc(C(=O)NCCN(C)C)c1.Cl.